The van der Waals surface area contributed by atoms with Crippen LogP contribution in [-0.4, -0.2) is 24.3 Å². The highest BCUT2D eigenvalue weighted by atomic mass is 16.5. The minimum atomic E-state index is 0.0203. The summed E-state index contributed by atoms with van der Waals surface area (Å²) >= 11 is 0. The third kappa shape index (κ3) is 4.89. The standard InChI is InChI=1S/C16H33NO/c1-6-9-13-10-11-14(17-8-3)15(12-13)18-16(4,5)7-2/h13-15,17H,6-12H2,1-5H3. The summed E-state index contributed by atoms with van der Waals surface area (Å²) < 4.78 is 6.41. The lowest BCUT2D eigenvalue weighted by Gasteiger charge is -2.40. The first-order valence-corrected chi connectivity index (χ1v) is 7.93. The Bertz CT molecular complexity index is 227. The number of ether oxygens (including phenoxy) is 1. The Morgan fingerprint density at radius 1 is 1.17 bits per heavy atom. The van der Waals surface area contributed by atoms with Crippen molar-refractivity contribution >= 4 is 0 Å². The molecule has 0 spiro atoms. The van der Waals surface area contributed by atoms with Gasteiger partial charge < -0.3 is 10.1 Å². The SMILES string of the molecule is CCCC1CCC(NCC)C(OC(C)(C)CC)C1. The third-order valence-electron chi connectivity index (χ3n) is 4.39. The molecule has 1 rings (SSSR count). The van der Waals surface area contributed by atoms with Crippen LogP contribution in [0.25, 0.3) is 0 Å². The summed E-state index contributed by atoms with van der Waals surface area (Å²) in [5, 5.41) is 3.62. The highest BCUT2D eigenvalue weighted by Crippen LogP contribution is 2.32. The van der Waals surface area contributed by atoms with Crippen molar-refractivity contribution in [3.05, 3.63) is 0 Å². The fourth-order valence-electron chi connectivity index (χ4n) is 3.00. The molecule has 0 aromatic heterocycles. The number of hydrogen-bond donors (Lipinski definition) is 1. The van der Waals surface area contributed by atoms with Gasteiger partial charge in [-0.1, -0.05) is 33.6 Å². The van der Waals surface area contributed by atoms with E-state index < -0.39 is 0 Å². The van der Waals surface area contributed by atoms with E-state index in [1.165, 1.54) is 32.1 Å². The van der Waals surface area contributed by atoms with Crippen molar-refractivity contribution in [2.75, 3.05) is 6.54 Å². The van der Waals surface area contributed by atoms with Gasteiger partial charge in [-0.2, -0.15) is 0 Å². The summed E-state index contributed by atoms with van der Waals surface area (Å²) in [5.41, 5.74) is 0.0203. The summed E-state index contributed by atoms with van der Waals surface area (Å²) in [4.78, 5) is 0. The highest BCUT2D eigenvalue weighted by molar-refractivity contribution is 4.87. The first-order valence-electron chi connectivity index (χ1n) is 7.93. The van der Waals surface area contributed by atoms with Crippen LogP contribution in [-0.2, 0) is 4.74 Å². The van der Waals surface area contributed by atoms with E-state index in [0.717, 1.165) is 18.9 Å². The molecule has 1 aliphatic carbocycles. The van der Waals surface area contributed by atoms with Gasteiger partial charge in [0.15, 0.2) is 0 Å². The van der Waals surface area contributed by atoms with Crippen LogP contribution in [0.3, 0.4) is 0 Å². The highest BCUT2D eigenvalue weighted by Gasteiger charge is 2.33. The number of likely N-dealkylation sites (N-methyl/N-ethyl adjacent to an activating group) is 1. The molecular formula is C16H33NO. The molecular weight excluding hydrogens is 222 g/mol. The smallest absolute Gasteiger partial charge is 0.0737 e. The fourth-order valence-corrected chi connectivity index (χ4v) is 3.00. The molecule has 0 heterocycles. The maximum Gasteiger partial charge on any atom is 0.0737 e. The maximum atomic E-state index is 6.41. The monoisotopic (exact) mass is 255 g/mol. The lowest BCUT2D eigenvalue weighted by atomic mass is 9.81. The van der Waals surface area contributed by atoms with Crippen molar-refractivity contribution in [1.29, 1.82) is 0 Å². The van der Waals surface area contributed by atoms with Crippen molar-refractivity contribution in [3.8, 4) is 0 Å². The van der Waals surface area contributed by atoms with Gasteiger partial charge in [0.25, 0.3) is 0 Å². The Kier molecular flexibility index (Phi) is 6.65. The van der Waals surface area contributed by atoms with Crippen molar-refractivity contribution in [3.63, 3.8) is 0 Å². The van der Waals surface area contributed by atoms with Crippen LogP contribution in [0.2, 0.25) is 0 Å². The Balaban J connectivity index is 2.59. The molecule has 0 saturated heterocycles. The normalized spacial score (nSPS) is 29.5. The molecule has 0 bridgehead atoms. The minimum absolute atomic E-state index is 0.0203. The van der Waals surface area contributed by atoms with E-state index in [4.69, 9.17) is 4.74 Å². The minimum Gasteiger partial charge on any atom is -0.371 e. The number of rotatable bonds is 7. The molecule has 1 saturated carbocycles. The van der Waals surface area contributed by atoms with Gasteiger partial charge in [-0.05, 0) is 52.0 Å². The molecule has 0 aliphatic heterocycles. The average molecular weight is 255 g/mol. The Morgan fingerprint density at radius 3 is 2.44 bits per heavy atom. The Morgan fingerprint density at radius 2 is 1.89 bits per heavy atom. The maximum absolute atomic E-state index is 6.41. The average Bonchev–Trinajstić information content (AvgIpc) is 2.33. The lowest BCUT2D eigenvalue weighted by molar-refractivity contribution is -0.106. The predicted molar refractivity (Wildman–Crippen MR) is 79.0 cm³/mol. The van der Waals surface area contributed by atoms with Crippen LogP contribution < -0.4 is 5.32 Å². The molecule has 0 radical (unpaired) electrons. The summed E-state index contributed by atoms with van der Waals surface area (Å²) in [6.45, 7) is 12.2. The van der Waals surface area contributed by atoms with Gasteiger partial charge >= 0.3 is 0 Å². The second-order valence-corrected chi connectivity index (χ2v) is 6.40. The van der Waals surface area contributed by atoms with Gasteiger partial charge in [0.05, 0.1) is 11.7 Å². The van der Waals surface area contributed by atoms with Gasteiger partial charge in [0, 0.05) is 6.04 Å². The molecule has 3 unspecified atom stereocenters. The second kappa shape index (κ2) is 7.49. The second-order valence-electron chi connectivity index (χ2n) is 6.40. The molecule has 0 aromatic rings. The van der Waals surface area contributed by atoms with Crippen molar-refractivity contribution < 1.29 is 4.74 Å². The van der Waals surface area contributed by atoms with Crippen molar-refractivity contribution in [2.24, 2.45) is 5.92 Å². The van der Waals surface area contributed by atoms with E-state index in [9.17, 15) is 0 Å². The summed E-state index contributed by atoms with van der Waals surface area (Å²) in [6, 6.07) is 0.564. The largest absolute Gasteiger partial charge is 0.371 e. The van der Waals surface area contributed by atoms with Crippen LogP contribution in [0.4, 0.5) is 0 Å². The van der Waals surface area contributed by atoms with Crippen LogP contribution in [0, 0.1) is 5.92 Å². The van der Waals surface area contributed by atoms with Gasteiger partial charge in [0.1, 0.15) is 0 Å². The summed E-state index contributed by atoms with van der Waals surface area (Å²) in [5.74, 6) is 0.877. The van der Waals surface area contributed by atoms with E-state index in [0.29, 0.717) is 12.1 Å². The van der Waals surface area contributed by atoms with E-state index in [1.807, 2.05) is 0 Å². The third-order valence-corrected chi connectivity index (χ3v) is 4.39. The van der Waals surface area contributed by atoms with Gasteiger partial charge in [-0.15, -0.1) is 0 Å². The summed E-state index contributed by atoms with van der Waals surface area (Å²) in [7, 11) is 0. The first kappa shape index (κ1) is 16.0. The van der Waals surface area contributed by atoms with E-state index >= 15 is 0 Å². The van der Waals surface area contributed by atoms with Crippen LogP contribution in [0.5, 0.6) is 0 Å². The van der Waals surface area contributed by atoms with Gasteiger partial charge in [-0.25, -0.2) is 0 Å². The van der Waals surface area contributed by atoms with Crippen molar-refractivity contribution in [2.45, 2.75) is 90.9 Å². The molecule has 1 aliphatic rings. The zero-order valence-electron chi connectivity index (χ0n) is 13.1. The van der Waals surface area contributed by atoms with E-state index in [-0.39, 0.29) is 5.60 Å². The predicted octanol–water partition coefficient (Wildman–Crippen LogP) is 4.14. The van der Waals surface area contributed by atoms with E-state index in [1.54, 1.807) is 0 Å². The molecule has 18 heavy (non-hydrogen) atoms. The molecule has 1 fully saturated rings. The summed E-state index contributed by atoms with van der Waals surface area (Å²) in [6.07, 6.45) is 8.06. The Labute approximate surface area is 114 Å². The number of nitrogens with one attached hydrogen (secondary N) is 1. The molecule has 2 heteroatoms. The molecule has 0 aromatic carbocycles. The topological polar surface area (TPSA) is 21.3 Å². The van der Waals surface area contributed by atoms with E-state index in [2.05, 4.69) is 39.9 Å². The van der Waals surface area contributed by atoms with Crippen LogP contribution in [0.1, 0.15) is 73.1 Å². The molecule has 108 valence electrons. The van der Waals surface area contributed by atoms with Crippen molar-refractivity contribution in [1.82, 2.24) is 5.32 Å². The quantitative estimate of drug-likeness (QED) is 0.738. The molecule has 0 amide bonds. The molecule has 1 N–H and O–H groups in total. The first-order chi connectivity index (χ1) is 8.52. The number of hydrogen-bond acceptors (Lipinski definition) is 2. The molecule has 3 atom stereocenters. The zero-order chi connectivity index (χ0) is 13.6. The molecule has 2 nitrogen and oxygen atoms in total. The van der Waals surface area contributed by atoms with Gasteiger partial charge in [0.2, 0.25) is 0 Å². The van der Waals surface area contributed by atoms with Crippen LogP contribution >= 0.6 is 0 Å². The fraction of sp³-hybridized carbons (Fsp3) is 1.00. The Hall–Kier alpha value is -0.0800. The lowest BCUT2D eigenvalue weighted by Crippen LogP contribution is -2.48. The van der Waals surface area contributed by atoms with Crippen LogP contribution in [0.15, 0.2) is 0 Å². The zero-order valence-corrected chi connectivity index (χ0v) is 13.1. The van der Waals surface area contributed by atoms with Gasteiger partial charge in [-0.3, -0.25) is 0 Å².